The normalized spacial score (nSPS) is 15.4. The third-order valence-electron chi connectivity index (χ3n) is 4.92. The van der Waals surface area contributed by atoms with Gasteiger partial charge in [-0.15, -0.1) is 0 Å². The molecule has 1 unspecified atom stereocenters. The number of hydrogen-bond donors (Lipinski definition) is 1. The van der Waals surface area contributed by atoms with Gasteiger partial charge in [-0.25, -0.2) is 9.18 Å². The molecule has 0 saturated heterocycles. The second kappa shape index (κ2) is 8.96. The molecule has 8 nitrogen and oxygen atoms in total. The van der Waals surface area contributed by atoms with Crippen LogP contribution in [0.15, 0.2) is 53.7 Å². The number of ether oxygens (including phenoxy) is 2. The highest BCUT2D eigenvalue weighted by Gasteiger charge is 2.35. The second-order valence-electron chi connectivity index (χ2n) is 7.53. The Kier molecular flexibility index (Phi) is 6.09. The quantitative estimate of drug-likeness (QED) is 0.552. The summed E-state index contributed by atoms with van der Waals surface area (Å²) in [5, 5.41) is 15.1. The molecule has 1 atom stereocenters. The number of carbonyl (C=O) groups is 1. The first-order chi connectivity index (χ1) is 15.3. The van der Waals surface area contributed by atoms with Crippen molar-refractivity contribution in [2.24, 2.45) is 0 Å². The number of halogens is 2. The van der Waals surface area contributed by atoms with Gasteiger partial charge in [0.15, 0.2) is 0 Å². The Hall–Kier alpha value is -3.46. The zero-order valence-corrected chi connectivity index (χ0v) is 18.4. The minimum Gasteiger partial charge on any atom is -0.489 e. The van der Waals surface area contributed by atoms with Gasteiger partial charge in [-0.1, -0.05) is 34.9 Å². The Bertz CT molecular complexity index is 1160. The molecule has 0 spiro atoms. The highest BCUT2D eigenvalue weighted by atomic mass is 35.5. The van der Waals surface area contributed by atoms with Crippen LogP contribution < -0.4 is 10.1 Å². The molecule has 0 bridgehead atoms. The van der Waals surface area contributed by atoms with Crippen molar-refractivity contribution in [3.63, 3.8) is 0 Å². The average Bonchev–Trinajstić information content (AvgIpc) is 3.20. The number of esters is 1. The summed E-state index contributed by atoms with van der Waals surface area (Å²) in [7, 11) is 0. The lowest BCUT2D eigenvalue weighted by Gasteiger charge is -2.28. The molecule has 1 N–H and O–H groups in total. The fourth-order valence-electron chi connectivity index (χ4n) is 3.43. The van der Waals surface area contributed by atoms with Crippen LogP contribution in [0.5, 0.6) is 5.75 Å². The van der Waals surface area contributed by atoms with Gasteiger partial charge < -0.3 is 14.8 Å². The van der Waals surface area contributed by atoms with E-state index < -0.39 is 17.8 Å². The molecule has 10 heteroatoms. The van der Waals surface area contributed by atoms with Crippen LogP contribution in [0.3, 0.4) is 0 Å². The zero-order chi connectivity index (χ0) is 22.8. The maximum absolute atomic E-state index is 14.0. The second-order valence-corrected chi connectivity index (χ2v) is 7.93. The van der Waals surface area contributed by atoms with E-state index in [0.717, 1.165) is 5.56 Å². The number of aromatic nitrogens is 4. The van der Waals surface area contributed by atoms with Crippen molar-refractivity contribution in [3.8, 4) is 5.75 Å². The summed E-state index contributed by atoms with van der Waals surface area (Å²) in [6, 6.07) is 11.0. The van der Waals surface area contributed by atoms with Crippen LogP contribution in [0.25, 0.3) is 0 Å². The number of benzene rings is 2. The summed E-state index contributed by atoms with van der Waals surface area (Å²) in [4.78, 5) is 12.8. The molecule has 2 aromatic carbocycles. The highest BCUT2D eigenvalue weighted by Crippen LogP contribution is 2.35. The summed E-state index contributed by atoms with van der Waals surface area (Å²) < 4.78 is 26.7. The Morgan fingerprint density at radius 1 is 1.25 bits per heavy atom. The molecule has 1 aliphatic rings. The summed E-state index contributed by atoms with van der Waals surface area (Å²) in [6.07, 6.45) is -0.278. The molecular formula is C22H21ClFN5O3. The maximum Gasteiger partial charge on any atom is 0.338 e. The van der Waals surface area contributed by atoms with Crippen molar-refractivity contribution in [2.45, 2.75) is 39.5 Å². The molecule has 166 valence electrons. The van der Waals surface area contributed by atoms with E-state index in [9.17, 15) is 9.18 Å². The van der Waals surface area contributed by atoms with Gasteiger partial charge in [0.05, 0.1) is 16.7 Å². The van der Waals surface area contributed by atoms with E-state index in [4.69, 9.17) is 21.1 Å². The van der Waals surface area contributed by atoms with E-state index in [0.29, 0.717) is 28.0 Å². The van der Waals surface area contributed by atoms with Gasteiger partial charge in [-0.05, 0) is 61.0 Å². The molecule has 1 aliphatic heterocycles. The standard InChI is InChI=1S/C22H21ClFN5O3/c1-12(2)32-21(30)19-13(3)25-22-26-27-28-29(22)20(19)14-7-9-15(10-8-14)31-11-16-17(23)5-4-6-18(16)24/h4-10,12,20H,11H2,1-3H3,(H,25,26,28). The lowest BCUT2D eigenvalue weighted by Crippen LogP contribution is -2.30. The largest absolute Gasteiger partial charge is 0.489 e. The van der Waals surface area contributed by atoms with Gasteiger partial charge in [0.1, 0.15) is 24.2 Å². The van der Waals surface area contributed by atoms with Crippen molar-refractivity contribution in [1.82, 2.24) is 20.2 Å². The average molecular weight is 458 g/mol. The predicted molar refractivity (Wildman–Crippen MR) is 116 cm³/mol. The Labute approximate surface area is 189 Å². The maximum atomic E-state index is 14.0. The molecule has 0 radical (unpaired) electrons. The molecule has 32 heavy (non-hydrogen) atoms. The number of carbonyl (C=O) groups excluding carboxylic acids is 1. The van der Waals surface area contributed by atoms with Crippen LogP contribution in [-0.4, -0.2) is 32.3 Å². The Morgan fingerprint density at radius 2 is 2.00 bits per heavy atom. The van der Waals surface area contributed by atoms with E-state index in [1.165, 1.54) is 10.7 Å². The van der Waals surface area contributed by atoms with Gasteiger partial charge in [-0.3, -0.25) is 0 Å². The molecule has 0 saturated carbocycles. The van der Waals surface area contributed by atoms with Crippen LogP contribution in [0.1, 0.15) is 37.9 Å². The SMILES string of the molecule is CC1=C(C(=O)OC(C)C)C(c2ccc(OCc3c(F)cccc3Cl)cc2)n2nnnc2N1. The van der Waals surface area contributed by atoms with E-state index in [2.05, 4.69) is 20.8 Å². The first-order valence-corrected chi connectivity index (χ1v) is 10.3. The van der Waals surface area contributed by atoms with Crippen molar-refractivity contribution in [2.75, 3.05) is 5.32 Å². The minimum atomic E-state index is -0.581. The molecule has 0 fully saturated rings. The summed E-state index contributed by atoms with van der Waals surface area (Å²) in [5.74, 6) is 0.0590. The third kappa shape index (κ3) is 4.29. The number of fused-ring (bicyclic) bond motifs is 1. The van der Waals surface area contributed by atoms with Crippen LogP contribution in [0, 0.1) is 5.82 Å². The number of allylic oxidation sites excluding steroid dienone is 1. The molecule has 4 rings (SSSR count). The monoisotopic (exact) mass is 457 g/mol. The van der Waals surface area contributed by atoms with Crippen LogP contribution in [0.4, 0.5) is 10.3 Å². The Morgan fingerprint density at radius 3 is 2.69 bits per heavy atom. The van der Waals surface area contributed by atoms with Gasteiger partial charge in [0.25, 0.3) is 0 Å². The van der Waals surface area contributed by atoms with E-state index in [-0.39, 0.29) is 18.3 Å². The minimum absolute atomic E-state index is 0.0136. The van der Waals surface area contributed by atoms with Crippen molar-refractivity contribution < 1.29 is 18.7 Å². The number of nitrogens with one attached hydrogen (secondary N) is 1. The van der Waals surface area contributed by atoms with E-state index >= 15 is 0 Å². The fraction of sp³-hybridized carbons (Fsp3) is 0.273. The van der Waals surface area contributed by atoms with Gasteiger partial charge in [0, 0.05) is 11.3 Å². The highest BCUT2D eigenvalue weighted by molar-refractivity contribution is 6.31. The van der Waals surface area contributed by atoms with Gasteiger partial charge in [-0.2, -0.15) is 4.68 Å². The smallest absolute Gasteiger partial charge is 0.338 e. The number of hydrogen-bond acceptors (Lipinski definition) is 7. The van der Waals surface area contributed by atoms with Gasteiger partial charge in [0.2, 0.25) is 5.95 Å². The predicted octanol–water partition coefficient (Wildman–Crippen LogP) is 4.29. The van der Waals surface area contributed by atoms with Crippen LogP contribution in [0.2, 0.25) is 5.02 Å². The molecule has 0 aliphatic carbocycles. The van der Waals surface area contributed by atoms with Crippen LogP contribution in [-0.2, 0) is 16.1 Å². The summed E-state index contributed by atoms with van der Waals surface area (Å²) in [6.45, 7) is 5.34. The van der Waals surface area contributed by atoms with E-state index in [1.54, 1.807) is 57.2 Å². The number of nitrogens with zero attached hydrogens (tertiary/aromatic N) is 4. The van der Waals surface area contributed by atoms with Crippen molar-refractivity contribution in [1.29, 1.82) is 0 Å². The first kappa shape index (κ1) is 21.8. The third-order valence-corrected chi connectivity index (χ3v) is 5.27. The first-order valence-electron chi connectivity index (χ1n) is 9.97. The lowest BCUT2D eigenvalue weighted by molar-refractivity contribution is -0.143. The Balaban J connectivity index is 1.61. The number of anilines is 1. The summed E-state index contributed by atoms with van der Waals surface area (Å²) >= 11 is 6.06. The molecule has 3 aromatic rings. The summed E-state index contributed by atoms with van der Waals surface area (Å²) in [5.41, 5.74) is 2.06. The van der Waals surface area contributed by atoms with E-state index in [1.807, 2.05) is 0 Å². The molecule has 1 aromatic heterocycles. The molecular weight excluding hydrogens is 437 g/mol. The molecule has 2 heterocycles. The van der Waals surface area contributed by atoms with Gasteiger partial charge >= 0.3 is 5.97 Å². The van der Waals surface area contributed by atoms with Crippen molar-refractivity contribution >= 4 is 23.5 Å². The fourth-order valence-corrected chi connectivity index (χ4v) is 3.65. The number of tetrazole rings is 1. The number of rotatable bonds is 6. The van der Waals surface area contributed by atoms with Crippen molar-refractivity contribution in [3.05, 3.63) is 75.7 Å². The molecule has 0 amide bonds. The zero-order valence-electron chi connectivity index (χ0n) is 17.7. The lowest BCUT2D eigenvalue weighted by atomic mass is 9.95. The van der Waals surface area contributed by atoms with Crippen LogP contribution >= 0.6 is 11.6 Å². The topological polar surface area (TPSA) is 91.2 Å².